The summed E-state index contributed by atoms with van der Waals surface area (Å²) in [7, 11) is 1.71. The Hall–Kier alpha value is -0.540. The summed E-state index contributed by atoms with van der Waals surface area (Å²) in [5.41, 5.74) is 1.34. The van der Waals surface area contributed by atoms with Gasteiger partial charge in [-0.2, -0.15) is 0 Å². The van der Waals surface area contributed by atoms with Crippen LogP contribution in [-0.2, 0) is 11.2 Å². The molecule has 0 N–H and O–H groups in total. The molecule has 0 saturated carbocycles. The van der Waals surface area contributed by atoms with Crippen molar-refractivity contribution in [3.8, 4) is 5.75 Å². The third-order valence-corrected chi connectivity index (χ3v) is 2.82. The Labute approximate surface area is 106 Å². The van der Waals surface area contributed by atoms with E-state index in [0.717, 1.165) is 43.6 Å². The van der Waals surface area contributed by atoms with Gasteiger partial charge in [0.2, 0.25) is 0 Å². The van der Waals surface area contributed by atoms with Gasteiger partial charge in [0.25, 0.3) is 0 Å². The SMILES string of the molecule is COCCCOc1cccc(CCCBr)c1. The summed E-state index contributed by atoms with van der Waals surface area (Å²) in [4.78, 5) is 0. The van der Waals surface area contributed by atoms with Crippen molar-refractivity contribution in [2.24, 2.45) is 0 Å². The van der Waals surface area contributed by atoms with Gasteiger partial charge in [0.1, 0.15) is 5.75 Å². The van der Waals surface area contributed by atoms with E-state index in [1.807, 2.05) is 6.07 Å². The first kappa shape index (κ1) is 13.5. The molecule has 1 aromatic rings. The van der Waals surface area contributed by atoms with E-state index in [1.54, 1.807) is 7.11 Å². The summed E-state index contributed by atoms with van der Waals surface area (Å²) >= 11 is 3.44. The molecule has 0 radical (unpaired) electrons. The number of aryl methyl sites for hydroxylation is 1. The molecule has 1 aromatic carbocycles. The predicted molar refractivity (Wildman–Crippen MR) is 70.5 cm³/mol. The van der Waals surface area contributed by atoms with Crippen LogP contribution in [0.4, 0.5) is 0 Å². The maximum atomic E-state index is 5.64. The Morgan fingerprint density at radius 2 is 2.06 bits per heavy atom. The number of hydrogen-bond donors (Lipinski definition) is 0. The molecule has 0 saturated heterocycles. The van der Waals surface area contributed by atoms with E-state index in [1.165, 1.54) is 5.56 Å². The van der Waals surface area contributed by atoms with Crippen LogP contribution in [0, 0.1) is 0 Å². The summed E-state index contributed by atoms with van der Waals surface area (Å²) in [6.45, 7) is 1.47. The molecular formula is C13H19BrO2. The fraction of sp³-hybridized carbons (Fsp3) is 0.538. The number of alkyl halides is 1. The van der Waals surface area contributed by atoms with Crippen LogP contribution in [0.15, 0.2) is 24.3 Å². The molecule has 0 heterocycles. The van der Waals surface area contributed by atoms with Crippen molar-refractivity contribution in [3.05, 3.63) is 29.8 Å². The topological polar surface area (TPSA) is 18.5 Å². The molecule has 0 aromatic heterocycles. The van der Waals surface area contributed by atoms with E-state index in [9.17, 15) is 0 Å². The highest BCUT2D eigenvalue weighted by atomic mass is 79.9. The molecule has 16 heavy (non-hydrogen) atoms. The largest absolute Gasteiger partial charge is 0.493 e. The minimum atomic E-state index is 0.718. The molecule has 2 nitrogen and oxygen atoms in total. The Bertz CT molecular complexity index is 289. The number of methoxy groups -OCH3 is 1. The van der Waals surface area contributed by atoms with Gasteiger partial charge in [-0.3, -0.25) is 0 Å². The summed E-state index contributed by atoms with van der Waals surface area (Å²) in [6, 6.07) is 8.32. The van der Waals surface area contributed by atoms with Gasteiger partial charge in [-0.1, -0.05) is 28.1 Å². The van der Waals surface area contributed by atoms with Gasteiger partial charge in [-0.05, 0) is 30.5 Å². The average molecular weight is 287 g/mol. The van der Waals surface area contributed by atoms with Crippen molar-refractivity contribution in [2.75, 3.05) is 25.7 Å². The molecule has 0 bridgehead atoms. The molecule has 0 spiro atoms. The molecule has 3 heteroatoms. The highest BCUT2D eigenvalue weighted by Gasteiger charge is 1.97. The molecule has 0 aliphatic rings. The van der Waals surface area contributed by atoms with Crippen molar-refractivity contribution in [2.45, 2.75) is 19.3 Å². The van der Waals surface area contributed by atoms with E-state index < -0.39 is 0 Å². The van der Waals surface area contributed by atoms with Gasteiger partial charge in [-0.15, -0.1) is 0 Å². The Kier molecular flexibility index (Phi) is 7.26. The molecule has 0 unspecified atom stereocenters. The maximum Gasteiger partial charge on any atom is 0.119 e. The standard InChI is InChI=1S/C13H19BrO2/c1-15-9-4-10-16-13-7-2-5-12(11-13)6-3-8-14/h2,5,7,11H,3-4,6,8-10H2,1H3. The minimum Gasteiger partial charge on any atom is -0.493 e. The minimum absolute atomic E-state index is 0.718. The zero-order valence-electron chi connectivity index (χ0n) is 9.75. The van der Waals surface area contributed by atoms with Crippen LogP contribution in [0.2, 0.25) is 0 Å². The predicted octanol–water partition coefficient (Wildman–Crippen LogP) is 3.43. The van der Waals surface area contributed by atoms with Crippen LogP contribution < -0.4 is 4.74 Å². The van der Waals surface area contributed by atoms with Crippen molar-refractivity contribution < 1.29 is 9.47 Å². The molecule has 0 aliphatic carbocycles. The van der Waals surface area contributed by atoms with E-state index in [0.29, 0.717) is 0 Å². The first-order valence-electron chi connectivity index (χ1n) is 5.63. The van der Waals surface area contributed by atoms with Gasteiger partial charge >= 0.3 is 0 Å². The summed E-state index contributed by atoms with van der Waals surface area (Å²) in [6.07, 6.45) is 3.19. The van der Waals surface area contributed by atoms with Crippen molar-refractivity contribution in [3.63, 3.8) is 0 Å². The zero-order chi connectivity index (χ0) is 11.6. The third kappa shape index (κ3) is 5.52. The van der Waals surface area contributed by atoms with Crippen LogP contribution in [0.5, 0.6) is 5.75 Å². The second kappa shape index (κ2) is 8.59. The molecule has 90 valence electrons. The second-order valence-electron chi connectivity index (χ2n) is 3.63. The van der Waals surface area contributed by atoms with Crippen LogP contribution in [0.3, 0.4) is 0 Å². The van der Waals surface area contributed by atoms with E-state index >= 15 is 0 Å². The van der Waals surface area contributed by atoms with Gasteiger partial charge in [0.05, 0.1) is 6.61 Å². The van der Waals surface area contributed by atoms with E-state index in [2.05, 4.69) is 34.1 Å². The Morgan fingerprint density at radius 3 is 2.81 bits per heavy atom. The number of ether oxygens (including phenoxy) is 2. The lowest BCUT2D eigenvalue weighted by molar-refractivity contribution is 0.172. The lowest BCUT2D eigenvalue weighted by Crippen LogP contribution is -2.01. The quantitative estimate of drug-likeness (QED) is 0.538. The molecule has 0 atom stereocenters. The van der Waals surface area contributed by atoms with Crippen LogP contribution in [-0.4, -0.2) is 25.7 Å². The number of halogens is 1. The average Bonchev–Trinajstić information content (AvgIpc) is 2.33. The Balaban J connectivity index is 2.35. The fourth-order valence-electron chi connectivity index (χ4n) is 1.46. The van der Waals surface area contributed by atoms with Crippen LogP contribution in [0.25, 0.3) is 0 Å². The fourth-order valence-corrected chi connectivity index (χ4v) is 1.74. The Morgan fingerprint density at radius 1 is 1.19 bits per heavy atom. The molecule has 1 rings (SSSR count). The first-order valence-corrected chi connectivity index (χ1v) is 6.75. The maximum absolute atomic E-state index is 5.64. The van der Waals surface area contributed by atoms with Gasteiger partial charge in [0, 0.05) is 25.5 Å². The lowest BCUT2D eigenvalue weighted by atomic mass is 10.1. The summed E-state index contributed by atoms with van der Waals surface area (Å²) in [5.74, 6) is 0.961. The monoisotopic (exact) mass is 286 g/mol. The molecule has 0 aliphatic heterocycles. The normalized spacial score (nSPS) is 10.4. The summed E-state index contributed by atoms with van der Waals surface area (Å²) < 4.78 is 10.6. The smallest absolute Gasteiger partial charge is 0.119 e. The van der Waals surface area contributed by atoms with Crippen LogP contribution >= 0.6 is 15.9 Å². The third-order valence-electron chi connectivity index (χ3n) is 2.26. The van der Waals surface area contributed by atoms with Crippen molar-refractivity contribution >= 4 is 15.9 Å². The van der Waals surface area contributed by atoms with Crippen LogP contribution in [0.1, 0.15) is 18.4 Å². The van der Waals surface area contributed by atoms with Gasteiger partial charge < -0.3 is 9.47 Å². The van der Waals surface area contributed by atoms with Crippen molar-refractivity contribution in [1.82, 2.24) is 0 Å². The van der Waals surface area contributed by atoms with E-state index in [4.69, 9.17) is 9.47 Å². The molecular weight excluding hydrogens is 268 g/mol. The van der Waals surface area contributed by atoms with Gasteiger partial charge in [0.15, 0.2) is 0 Å². The first-order chi connectivity index (χ1) is 7.86. The number of rotatable bonds is 8. The lowest BCUT2D eigenvalue weighted by Gasteiger charge is -2.07. The second-order valence-corrected chi connectivity index (χ2v) is 4.43. The number of benzene rings is 1. The van der Waals surface area contributed by atoms with E-state index in [-0.39, 0.29) is 0 Å². The highest BCUT2D eigenvalue weighted by Crippen LogP contribution is 2.15. The highest BCUT2D eigenvalue weighted by molar-refractivity contribution is 9.09. The van der Waals surface area contributed by atoms with Crippen molar-refractivity contribution in [1.29, 1.82) is 0 Å². The summed E-state index contributed by atoms with van der Waals surface area (Å²) in [5, 5.41) is 1.05. The molecule has 0 amide bonds. The molecule has 0 fully saturated rings. The van der Waals surface area contributed by atoms with Gasteiger partial charge in [-0.25, -0.2) is 0 Å². The zero-order valence-corrected chi connectivity index (χ0v) is 11.3. The number of hydrogen-bond acceptors (Lipinski definition) is 2.